The van der Waals surface area contributed by atoms with Gasteiger partial charge in [-0.15, -0.1) is 0 Å². The van der Waals surface area contributed by atoms with Gasteiger partial charge in [-0.25, -0.2) is 0 Å². The van der Waals surface area contributed by atoms with Crippen LogP contribution in [0.1, 0.15) is 0 Å². The van der Waals surface area contributed by atoms with Gasteiger partial charge in [0.05, 0.1) is 0 Å². The highest BCUT2D eigenvalue weighted by molar-refractivity contribution is 6.18. The molecule has 234 valence electrons. The highest BCUT2D eigenvalue weighted by Crippen LogP contribution is 2.44. The average Bonchev–Trinajstić information content (AvgIpc) is 3.77. The van der Waals surface area contributed by atoms with Crippen LogP contribution < -0.4 is 0 Å². The third kappa shape index (κ3) is 4.65. The van der Waals surface area contributed by atoms with Gasteiger partial charge >= 0.3 is 0 Å². The van der Waals surface area contributed by atoms with E-state index in [-0.39, 0.29) is 0 Å². The summed E-state index contributed by atoms with van der Waals surface area (Å²) in [6, 6.07) is 64.5. The van der Waals surface area contributed by atoms with E-state index in [0.29, 0.717) is 0 Å². The Balaban J connectivity index is 1.21. The van der Waals surface area contributed by atoms with Gasteiger partial charge in [0.2, 0.25) is 0 Å². The first kappa shape index (κ1) is 28.4. The molecule has 0 spiro atoms. The molecule has 10 rings (SSSR count). The molecule has 8 aromatic carbocycles. The Morgan fingerprint density at radius 2 is 0.640 bits per heavy atom. The van der Waals surface area contributed by atoms with Crippen molar-refractivity contribution in [3.63, 3.8) is 0 Å². The number of fused-ring (bicyclic) bond motifs is 6. The molecule has 0 amide bonds. The van der Waals surface area contributed by atoms with Gasteiger partial charge in [0.1, 0.15) is 22.3 Å². The van der Waals surface area contributed by atoms with Crippen molar-refractivity contribution in [3.8, 4) is 55.6 Å². The molecule has 0 saturated carbocycles. The molecule has 2 aromatic heterocycles. The summed E-state index contributed by atoms with van der Waals surface area (Å²) >= 11 is 0. The number of rotatable bonds is 5. The molecule has 2 heterocycles. The lowest BCUT2D eigenvalue weighted by Crippen LogP contribution is -1.88. The molecule has 0 fully saturated rings. The van der Waals surface area contributed by atoms with Crippen LogP contribution in [0.5, 0.6) is 0 Å². The van der Waals surface area contributed by atoms with Crippen molar-refractivity contribution in [1.29, 1.82) is 0 Å². The number of hydrogen-bond acceptors (Lipinski definition) is 2. The third-order valence-electron chi connectivity index (χ3n) is 9.89. The maximum atomic E-state index is 6.58. The van der Waals surface area contributed by atoms with Gasteiger partial charge in [0, 0.05) is 21.5 Å². The van der Waals surface area contributed by atoms with Crippen molar-refractivity contribution in [2.24, 2.45) is 0 Å². The standard InChI is InChI=1S/C48H30O2/c1-3-12-31(13-4-1)33-24-26-34(27-25-33)38-17-9-22-44-47(38)48-40(19-11-23-45(48)50-44)37-29-35(32-14-5-2-6-15-32)28-36(30-37)39-18-10-21-43-46(39)41-16-7-8-20-42(41)49-43/h1-30H. The molecular formula is C48H30O2. The summed E-state index contributed by atoms with van der Waals surface area (Å²) in [7, 11) is 0. The Morgan fingerprint density at radius 1 is 0.240 bits per heavy atom. The summed E-state index contributed by atoms with van der Waals surface area (Å²) in [6.07, 6.45) is 0. The zero-order valence-electron chi connectivity index (χ0n) is 27.1. The van der Waals surface area contributed by atoms with E-state index < -0.39 is 0 Å². The first-order valence-corrected chi connectivity index (χ1v) is 17.0. The molecule has 2 heteroatoms. The molecule has 0 aliphatic rings. The van der Waals surface area contributed by atoms with Crippen molar-refractivity contribution >= 4 is 43.9 Å². The van der Waals surface area contributed by atoms with E-state index in [0.717, 1.165) is 82.8 Å². The average molecular weight is 639 g/mol. The molecular weight excluding hydrogens is 609 g/mol. The fourth-order valence-electron chi connectivity index (χ4n) is 7.57. The van der Waals surface area contributed by atoms with Crippen LogP contribution in [0, 0.1) is 0 Å². The minimum Gasteiger partial charge on any atom is -0.456 e. The topological polar surface area (TPSA) is 26.3 Å². The fourth-order valence-corrected chi connectivity index (χ4v) is 7.57. The highest BCUT2D eigenvalue weighted by atomic mass is 16.3. The highest BCUT2D eigenvalue weighted by Gasteiger charge is 2.19. The first-order valence-electron chi connectivity index (χ1n) is 17.0. The van der Waals surface area contributed by atoms with Gasteiger partial charge in [-0.1, -0.05) is 140 Å². The van der Waals surface area contributed by atoms with E-state index in [1.807, 2.05) is 12.1 Å². The summed E-state index contributed by atoms with van der Waals surface area (Å²) in [4.78, 5) is 0. The maximum absolute atomic E-state index is 6.58. The van der Waals surface area contributed by atoms with Crippen LogP contribution in [-0.4, -0.2) is 0 Å². The Morgan fingerprint density at radius 3 is 1.26 bits per heavy atom. The van der Waals surface area contributed by atoms with Crippen LogP contribution in [0.15, 0.2) is 191 Å². The van der Waals surface area contributed by atoms with Crippen LogP contribution >= 0.6 is 0 Å². The minimum absolute atomic E-state index is 0.875. The Kier molecular flexibility index (Phi) is 6.53. The van der Waals surface area contributed by atoms with E-state index in [1.54, 1.807) is 0 Å². The molecule has 2 nitrogen and oxygen atoms in total. The fraction of sp³-hybridized carbons (Fsp3) is 0. The van der Waals surface area contributed by atoms with E-state index in [9.17, 15) is 0 Å². The van der Waals surface area contributed by atoms with Crippen LogP contribution in [0.2, 0.25) is 0 Å². The molecule has 50 heavy (non-hydrogen) atoms. The zero-order valence-corrected chi connectivity index (χ0v) is 27.1. The van der Waals surface area contributed by atoms with E-state index in [2.05, 4.69) is 170 Å². The molecule has 0 aliphatic heterocycles. The molecule has 0 aliphatic carbocycles. The second kappa shape index (κ2) is 11.5. The molecule has 0 atom stereocenters. The van der Waals surface area contributed by atoms with Gasteiger partial charge in [0.25, 0.3) is 0 Å². The Bertz CT molecular complexity index is 2840. The summed E-state index contributed by atoms with van der Waals surface area (Å²) in [5.41, 5.74) is 15.1. The van der Waals surface area contributed by atoms with Gasteiger partial charge < -0.3 is 8.83 Å². The lowest BCUT2D eigenvalue weighted by atomic mass is 9.89. The predicted octanol–water partition coefficient (Wildman–Crippen LogP) is 13.8. The molecule has 0 saturated heterocycles. The number of furan rings is 2. The summed E-state index contributed by atoms with van der Waals surface area (Å²) in [5.74, 6) is 0. The zero-order chi connectivity index (χ0) is 33.0. The first-order chi connectivity index (χ1) is 24.8. The van der Waals surface area contributed by atoms with Crippen LogP contribution in [0.25, 0.3) is 99.5 Å². The van der Waals surface area contributed by atoms with E-state index in [1.165, 1.54) is 16.7 Å². The molecule has 0 radical (unpaired) electrons. The number of hydrogen-bond donors (Lipinski definition) is 0. The number of benzene rings is 8. The van der Waals surface area contributed by atoms with Crippen molar-refractivity contribution < 1.29 is 8.83 Å². The second-order valence-electron chi connectivity index (χ2n) is 12.8. The van der Waals surface area contributed by atoms with Gasteiger partial charge in [-0.3, -0.25) is 0 Å². The van der Waals surface area contributed by atoms with Crippen LogP contribution in [0.4, 0.5) is 0 Å². The Labute approximate surface area is 289 Å². The minimum atomic E-state index is 0.875. The number of para-hydroxylation sites is 1. The lowest BCUT2D eigenvalue weighted by Gasteiger charge is -2.13. The quantitative estimate of drug-likeness (QED) is 0.187. The third-order valence-corrected chi connectivity index (χ3v) is 9.89. The summed E-state index contributed by atoms with van der Waals surface area (Å²) in [5, 5.41) is 4.50. The molecule has 10 aromatic rings. The Hall–Kier alpha value is -6.64. The van der Waals surface area contributed by atoms with E-state index >= 15 is 0 Å². The van der Waals surface area contributed by atoms with Crippen molar-refractivity contribution in [2.45, 2.75) is 0 Å². The second-order valence-corrected chi connectivity index (χ2v) is 12.8. The normalized spacial score (nSPS) is 11.6. The predicted molar refractivity (Wildman–Crippen MR) is 208 cm³/mol. The van der Waals surface area contributed by atoms with Crippen molar-refractivity contribution in [3.05, 3.63) is 182 Å². The lowest BCUT2D eigenvalue weighted by molar-refractivity contribution is 0.668. The SMILES string of the molecule is c1ccc(-c2ccc(-c3cccc4oc5cccc(-c6cc(-c7ccccc7)cc(-c7cccc8oc9ccccc9c78)c6)c5c34)cc2)cc1. The van der Waals surface area contributed by atoms with Crippen molar-refractivity contribution in [2.75, 3.05) is 0 Å². The van der Waals surface area contributed by atoms with Gasteiger partial charge in [-0.2, -0.15) is 0 Å². The maximum Gasteiger partial charge on any atom is 0.136 e. The largest absolute Gasteiger partial charge is 0.456 e. The molecule has 0 N–H and O–H groups in total. The monoisotopic (exact) mass is 638 g/mol. The summed E-state index contributed by atoms with van der Waals surface area (Å²) < 4.78 is 12.9. The molecule has 0 bridgehead atoms. The molecule has 0 unspecified atom stereocenters. The summed E-state index contributed by atoms with van der Waals surface area (Å²) in [6.45, 7) is 0. The van der Waals surface area contributed by atoms with Gasteiger partial charge in [0.15, 0.2) is 0 Å². The van der Waals surface area contributed by atoms with Crippen molar-refractivity contribution in [1.82, 2.24) is 0 Å². The van der Waals surface area contributed by atoms with Crippen LogP contribution in [0.3, 0.4) is 0 Å². The smallest absolute Gasteiger partial charge is 0.136 e. The van der Waals surface area contributed by atoms with Gasteiger partial charge in [-0.05, 0) is 98.1 Å². The van der Waals surface area contributed by atoms with E-state index in [4.69, 9.17) is 8.83 Å². The van der Waals surface area contributed by atoms with Crippen LogP contribution in [-0.2, 0) is 0 Å².